The normalized spacial score (nSPS) is 10.5. The first kappa shape index (κ1) is 13.1. The molecule has 0 saturated heterocycles. The van der Waals surface area contributed by atoms with E-state index in [4.69, 9.17) is 4.42 Å². The van der Waals surface area contributed by atoms with Gasteiger partial charge in [0.1, 0.15) is 25.0 Å². The molecule has 106 valence electrons. The molecule has 1 aromatic carbocycles. The van der Waals surface area contributed by atoms with E-state index >= 15 is 0 Å². The summed E-state index contributed by atoms with van der Waals surface area (Å²) in [5.74, 6) is 0.171. The lowest BCUT2D eigenvalue weighted by Crippen LogP contribution is -2.15. The van der Waals surface area contributed by atoms with Crippen LogP contribution in [0.15, 0.2) is 47.3 Å². The quantitative estimate of drug-likeness (QED) is 0.741. The van der Waals surface area contributed by atoms with Gasteiger partial charge in [-0.15, -0.1) is 0 Å². The number of fused-ring (bicyclic) bond motifs is 1. The number of furan rings is 1. The molecule has 6 heteroatoms. The molecule has 0 atom stereocenters. The maximum atomic E-state index is 11.3. The second kappa shape index (κ2) is 5.62. The SMILES string of the molecule is COC(=O)CNc1ncnc2occ(-c3ccccc3)c12. The summed E-state index contributed by atoms with van der Waals surface area (Å²) in [6.45, 7) is 0.0298. The van der Waals surface area contributed by atoms with E-state index in [1.807, 2.05) is 30.3 Å². The van der Waals surface area contributed by atoms with Gasteiger partial charge >= 0.3 is 5.97 Å². The highest BCUT2D eigenvalue weighted by molar-refractivity contribution is 6.00. The van der Waals surface area contributed by atoms with Gasteiger partial charge in [-0.2, -0.15) is 0 Å². The van der Waals surface area contributed by atoms with Gasteiger partial charge in [-0.1, -0.05) is 30.3 Å². The van der Waals surface area contributed by atoms with Crippen molar-refractivity contribution in [2.24, 2.45) is 0 Å². The number of hydrogen-bond donors (Lipinski definition) is 1. The predicted octanol–water partition coefficient (Wildman–Crippen LogP) is 2.47. The molecule has 0 amide bonds. The molecule has 0 unspecified atom stereocenters. The van der Waals surface area contributed by atoms with Gasteiger partial charge in [0.15, 0.2) is 0 Å². The van der Waals surface area contributed by atoms with Crippen LogP contribution in [0.1, 0.15) is 0 Å². The number of esters is 1. The van der Waals surface area contributed by atoms with E-state index in [0.717, 1.165) is 16.5 Å². The van der Waals surface area contributed by atoms with Crippen molar-refractivity contribution in [2.45, 2.75) is 0 Å². The number of carbonyl (C=O) groups is 1. The second-order valence-electron chi connectivity index (χ2n) is 4.35. The standard InChI is InChI=1S/C15H13N3O3/c1-20-12(19)7-16-14-13-11(10-5-3-2-4-6-10)8-21-15(13)18-9-17-14/h2-6,8-9H,7H2,1H3,(H,16,17,18). The number of aromatic nitrogens is 2. The van der Waals surface area contributed by atoms with Gasteiger partial charge in [-0.05, 0) is 5.56 Å². The van der Waals surface area contributed by atoms with E-state index in [2.05, 4.69) is 20.0 Å². The van der Waals surface area contributed by atoms with Crippen LogP contribution in [0.2, 0.25) is 0 Å². The van der Waals surface area contributed by atoms with Crippen LogP contribution in [0.25, 0.3) is 22.2 Å². The van der Waals surface area contributed by atoms with Gasteiger partial charge in [0.05, 0.1) is 12.5 Å². The van der Waals surface area contributed by atoms with E-state index in [-0.39, 0.29) is 12.5 Å². The van der Waals surface area contributed by atoms with Crippen molar-refractivity contribution in [3.63, 3.8) is 0 Å². The first-order chi connectivity index (χ1) is 10.3. The molecular weight excluding hydrogens is 270 g/mol. The Morgan fingerprint density at radius 2 is 2.10 bits per heavy atom. The summed E-state index contributed by atoms with van der Waals surface area (Å²) in [7, 11) is 1.34. The molecule has 0 bridgehead atoms. The highest BCUT2D eigenvalue weighted by Crippen LogP contribution is 2.33. The summed E-state index contributed by atoms with van der Waals surface area (Å²) in [5, 5.41) is 3.69. The smallest absolute Gasteiger partial charge is 0.325 e. The molecule has 0 aliphatic rings. The van der Waals surface area contributed by atoms with Gasteiger partial charge in [-0.25, -0.2) is 9.97 Å². The van der Waals surface area contributed by atoms with Gasteiger partial charge in [0.25, 0.3) is 0 Å². The minimum atomic E-state index is -0.369. The average molecular weight is 283 g/mol. The third kappa shape index (κ3) is 2.55. The Labute approximate surface area is 120 Å². The molecule has 2 aromatic heterocycles. The fourth-order valence-corrected chi connectivity index (χ4v) is 2.07. The van der Waals surface area contributed by atoms with Crippen molar-refractivity contribution in [1.29, 1.82) is 0 Å². The summed E-state index contributed by atoms with van der Waals surface area (Å²) < 4.78 is 10.1. The molecule has 0 aliphatic carbocycles. The van der Waals surface area contributed by atoms with Crippen molar-refractivity contribution >= 4 is 22.9 Å². The number of rotatable bonds is 4. The molecule has 0 saturated carbocycles. The predicted molar refractivity (Wildman–Crippen MR) is 77.7 cm³/mol. The van der Waals surface area contributed by atoms with Crippen molar-refractivity contribution in [3.8, 4) is 11.1 Å². The summed E-state index contributed by atoms with van der Waals surface area (Å²) in [6.07, 6.45) is 3.03. The zero-order valence-corrected chi connectivity index (χ0v) is 11.4. The van der Waals surface area contributed by atoms with Crippen molar-refractivity contribution in [1.82, 2.24) is 9.97 Å². The van der Waals surface area contributed by atoms with Crippen LogP contribution >= 0.6 is 0 Å². The molecule has 0 spiro atoms. The van der Waals surface area contributed by atoms with E-state index in [1.165, 1.54) is 13.4 Å². The van der Waals surface area contributed by atoms with Gasteiger partial charge in [0, 0.05) is 5.56 Å². The Morgan fingerprint density at radius 3 is 2.86 bits per heavy atom. The molecule has 0 radical (unpaired) electrons. The third-order valence-corrected chi connectivity index (χ3v) is 3.08. The highest BCUT2D eigenvalue weighted by atomic mass is 16.5. The van der Waals surface area contributed by atoms with Crippen molar-refractivity contribution < 1.29 is 13.9 Å². The second-order valence-corrected chi connectivity index (χ2v) is 4.35. The fraction of sp³-hybridized carbons (Fsp3) is 0.133. The summed E-state index contributed by atoms with van der Waals surface area (Å²) in [5.41, 5.74) is 2.34. The first-order valence-electron chi connectivity index (χ1n) is 6.38. The number of hydrogen-bond acceptors (Lipinski definition) is 6. The molecule has 21 heavy (non-hydrogen) atoms. The van der Waals surface area contributed by atoms with E-state index in [9.17, 15) is 4.79 Å². The number of benzene rings is 1. The van der Waals surface area contributed by atoms with Crippen LogP contribution in [-0.2, 0) is 9.53 Å². The Hall–Kier alpha value is -2.89. The van der Waals surface area contributed by atoms with Crippen molar-refractivity contribution in [3.05, 3.63) is 42.9 Å². The van der Waals surface area contributed by atoms with Crippen molar-refractivity contribution in [2.75, 3.05) is 19.0 Å². The van der Waals surface area contributed by atoms with Crippen LogP contribution in [0, 0.1) is 0 Å². The number of anilines is 1. The zero-order valence-electron chi connectivity index (χ0n) is 11.4. The molecule has 3 rings (SSSR count). The maximum absolute atomic E-state index is 11.3. The van der Waals surface area contributed by atoms with Crippen LogP contribution in [0.5, 0.6) is 0 Å². The van der Waals surface area contributed by atoms with Gasteiger partial charge in [0.2, 0.25) is 5.71 Å². The van der Waals surface area contributed by atoms with Crippen LogP contribution < -0.4 is 5.32 Å². The number of ether oxygens (including phenoxy) is 1. The molecular formula is C15H13N3O3. The summed E-state index contributed by atoms with van der Waals surface area (Å²) in [6, 6.07) is 9.78. The first-order valence-corrected chi connectivity index (χ1v) is 6.38. The summed E-state index contributed by atoms with van der Waals surface area (Å²) in [4.78, 5) is 19.5. The average Bonchev–Trinajstić information content (AvgIpc) is 2.98. The monoisotopic (exact) mass is 283 g/mol. The number of carbonyl (C=O) groups excluding carboxylic acids is 1. The molecule has 3 aromatic rings. The van der Waals surface area contributed by atoms with Crippen LogP contribution in [0.3, 0.4) is 0 Å². The fourth-order valence-electron chi connectivity index (χ4n) is 2.07. The van der Waals surface area contributed by atoms with E-state index < -0.39 is 0 Å². The Morgan fingerprint density at radius 1 is 1.29 bits per heavy atom. The Kier molecular flexibility index (Phi) is 3.51. The lowest BCUT2D eigenvalue weighted by atomic mass is 10.1. The van der Waals surface area contributed by atoms with Gasteiger partial charge in [-0.3, -0.25) is 4.79 Å². The third-order valence-electron chi connectivity index (χ3n) is 3.08. The largest absolute Gasteiger partial charge is 0.468 e. The maximum Gasteiger partial charge on any atom is 0.325 e. The molecule has 2 heterocycles. The minimum absolute atomic E-state index is 0.0298. The lowest BCUT2D eigenvalue weighted by Gasteiger charge is -2.06. The number of methoxy groups -OCH3 is 1. The summed E-state index contributed by atoms with van der Waals surface area (Å²) >= 11 is 0. The molecule has 0 aliphatic heterocycles. The minimum Gasteiger partial charge on any atom is -0.468 e. The van der Waals surface area contributed by atoms with Crippen LogP contribution in [0.4, 0.5) is 5.82 Å². The lowest BCUT2D eigenvalue weighted by molar-refractivity contribution is -0.138. The van der Waals surface area contributed by atoms with E-state index in [1.54, 1.807) is 6.26 Å². The number of nitrogens with one attached hydrogen (secondary N) is 1. The number of nitrogens with zero attached hydrogens (tertiary/aromatic N) is 2. The molecule has 0 fully saturated rings. The van der Waals surface area contributed by atoms with Crippen LogP contribution in [-0.4, -0.2) is 29.6 Å². The van der Waals surface area contributed by atoms with E-state index in [0.29, 0.717) is 11.5 Å². The van der Waals surface area contributed by atoms with Gasteiger partial charge < -0.3 is 14.5 Å². The Balaban J connectivity index is 2.05. The highest BCUT2D eigenvalue weighted by Gasteiger charge is 2.15. The topological polar surface area (TPSA) is 77.2 Å². The Bertz CT molecular complexity index is 768. The zero-order chi connectivity index (χ0) is 14.7. The molecule has 1 N–H and O–H groups in total. The molecule has 6 nitrogen and oxygen atoms in total.